The molecule has 1 heterocycles. The fourth-order valence-electron chi connectivity index (χ4n) is 1.76. The summed E-state index contributed by atoms with van der Waals surface area (Å²) < 4.78 is 3.03. The first-order chi connectivity index (χ1) is 9.34. The van der Waals surface area contributed by atoms with Crippen molar-refractivity contribution in [3.05, 3.63) is 28.7 Å². The molecule has 0 bridgehead atoms. The lowest BCUT2D eigenvalue weighted by molar-refractivity contribution is 0.565. The average molecular weight is 340 g/mol. The van der Waals surface area contributed by atoms with Crippen LogP contribution >= 0.6 is 27.7 Å². The number of aromatic nitrogens is 4. The summed E-state index contributed by atoms with van der Waals surface area (Å²) in [6.07, 6.45) is 2.40. The molecule has 0 atom stereocenters. The third-order valence-electron chi connectivity index (χ3n) is 2.88. The summed E-state index contributed by atoms with van der Waals surface area (Å²) >= 11 is 5.22. The fourth-order valence-corrected chi connectivity index (χ4v) is 2.99. The van der Waals surface area contributed by atoms with Gasteiger partial charge in [-0.05, 0) is 51.3 Å². The number of tetrazole rings is 1. The van der Waals surface area contributed by atoms with Gasteiger partial charge in [0.15, 0.2) is 0 Å². The van der Waals surface area contributed by atoms with Crippen LogP contribution in [0.3, 0.4) is 0 Å². The SMILES string of the molecule is Brc1ccccc1NCCSc1nnnn1C1CC1. The molecular formula is C12H14BrN5S. The van der Waals surface area contributed by atoms with Gasteiger partial charge in [-0.3, -0.25) is 0 Å². The fraction of sp³-hybridized carbons (Fsp3) is 0.417. The summed E-state index contributed by atoms with van der Waals surface area (Å²) in [4.78, 5) is 0. The zero-order chi connectivity index (χ0) is 13.1. The second-order valence-corrected chi connectivity index (χ2v) is 6.31. The van der Waals surface area contributed by atoms with Crippen LogP contribution in [0.2, 0.25) is 0 Å². The first-order valence-electron chi connectivity index (χ1n) is 6.23. The zero-order valence-electron chi connectivity index (χ0n) is 10.3. The van der Waals surface area contributed by atoms with E-state index in [0.29, 0.717) is 6.04 Å². The molecule has 0 radical (unpaired) electrons. The van der Waals surface area contributed by atoms with E-state index in [1.807, 2.05) is 22.9 Å². The van der Waals surface area contributed by atoms with Gasteiger partial charge in [-0.2, -0.15) is 0 Å². The third-order valence-corrected chi connectivity index (χ3v) is 4.50. The van der Waals surface area contributed by atoms with Crippen molar-refractivity contribution in [3.8, 4) is 0 Å². The number of para-hydroxylation sites is 1. The standard InChI is InChI=1S/C12H14BrN5S/c13-10-3-1-2-4-11(10)14-7-8-19-12-15-16-17-18(12)9-5-6-9/h1-4,9,14H,5-8H2. The lowest BCUT2D eigenvalue weighted by Gasteiger charge is -2.07. The van der Waals surface area contributed by atoms with E-state index in [0.717, 1.165) is 27.6 Å². The molecule has 2 aromatic rings. The van der Waals surface area contributed by atoms with Gasteiger partial charge in [0.25, 0.3) is 0 Å². The Morgan fingerprint density at radius 2 is 2.21 bits per heavy atom. The van der Waals surface area contributed by atoms with E-state index in [4.69, 9.17) is 0 Å². The van der Waals surface area contributed by atoms with Crippen molar-refractivity contribution in [2.75, 3.05) is 17.6 Å². The molecule has 19 heavy (non-hydrogen) atoms. The van der Waals surface area contributed by atoms with Gasteiger partial charge in [-0.25, -0.2) is 4.68 Å². The lowest BCUT2D eigenvalue weighted by Crippen LogP contribution is -2.06. The van der Waals surface area contributed by atoms with Gasteiger partial charge in [0, 0.05) is 22.5 Å². The Balaban J connectivity index is 1.48. The normalized spacial score (nSPS) is 14.6. The second-order valence-electron chi connectivity index (χ2n) is 4.39. The van der Waals surface area contributed by atoms with Crippen molar-refractivity contribution in [2.24, 2.45) is 0 Å². The van der Waals surface area contributed by atoms with Crippen molar-refractivity contribution >= 4 is 33.4 Å². The Morgan fingerprint density at radius 1 is 1.37 bits per heavy atom. The summed E-state index contributed by atoms with van der Waals surface area (Å²) in [5.74, 6) is 0.939. The summed E-state index contributed by atoms with van der Waals surface area (Å²) in [6.45, 7) is 0.880. The summed E-state index contributed by atoms with van der Waals surface area (Å²) in [6, 6.07) is 8.65. The predicted octanol–water partition coefficient (Wildman–Crippen LogP) is 2.97. The molecule has 0 aliphatic heterocycles. The molecule has 7 heteroatoms. The number of benzene rings is 1. The molecule has 1 aromatic heterocycles. The molecule has 1 saturated carbocycles. The molecule has 0 spiro atoms. The van der Waals surface area contributed by atoms with Crippen LogP contribution in [0.15, 0.2) is 33.9 Å². The van der Waals surface area contributed by atoms with Crippen LogP contribution in [0.25, 0.3) is 0 Å². The van der Waals surface area contributed by atoms with Crippen molar-refractivity contribution in [3.63, 3.8) is 0 Å². The van der Waals surface area contributed by atoms with Crippen LogP contribution in [0.1, 0.15) is 18.9 Å². The summed E-state index contributed by atoms with van der Waals surface area (Å²) in [5, 5.41) is 16.2. The Hall–Kier alpha value is -1.08. The van der Waals surface area contributed by atoms with Gasteiger partial charge in [0.05, 0.1) is 6.04 Å². The first-order valence-corrected chi connectivity index (χ1v) is 8.01. The molecule has 5 nitrogen and oxygen atoms in total. The number of nitrogens with zero attached hydrogens (tertiary/aromatic N) is 4. The van der Waals surface area contributed by atoms with Crippen LogP contribution in [-0.4, -0.2) is 32.5 Å². The maximum absolute atomic E-state index is 4.07. The molecule has 1 aliphatic rings. The number of anilines is 1. The number of hydrogen-bond acceptors (Lipinski definition) is 5. The van der Waals surface area contributed by atoms with Gasteiger partial charge < -0.3 is 5.32 Å². The van der Waals surface area contributed by atoms with Crippen LogP contribution in [0, 0.1) is 0 Å². The van der Waals surface area contributed by atoms with E-state index >= 15 is 0 Å². The number of nitrogens with one attached hydrogen (secondary N) is 1. The van der Waals surface area contributed by atoms with Crippen molar-refractivity contribution in [1.29, 1.82) is 0 Å². The van der Waals surface area contributed by atoms with Crippen molar-refractivity contribution in [1.82, 2.24) is 20.2 Å². The van der Waals surface area contributed by atoms with E-state index in [1.54, 1.807) is 11.8 Å². The van der Waals surface area contributed by atoms with Crippen LogP contribution in [0.5, 0.6) is 0 Å². The quantitative estimate of drug-likeness (QED) is 0.647. The highest BCUT2D eigenvalue weighted by Gasteiger charge is 2.27. The van der Waals surface area contributed by atoms with E-state index in [1.165, 1.54) is 12.8 Å². The highest BCUT2D eigenvalue weighted by Crippen LogP contribution is 2.36. The average Bonchev–Trinajstić information content (AvgIpc) is 3.16. The highest BCUT2D eigenvalue weighted by molar-refractivity contribution is 9.10. The maximum Gasteiger partial charge on any atom is 0.209 e. The van der Waals surface area contributed by atoms with E-state index in [9.17, 15) is 0 Å². The molecule has 1 N–H and O–H groups in total. The van der Waals surface area contributed by atoms with Crippen molar-refractivity contribution < 1.29 is 0 Å². The number of hydrogen-bond donors (Lipinski definition) is 1. The molecule has 1 aromatic carbocycles. The van der Waals surface area contributed by atoms with Gasteiger partial charge in [-0.1, -0.05) is 23.9 Å². The summed E-state index contributed by atoms with van der Waals surface area (Å²) in [7, 11) is 0. The van der Waals surface area contributed by atoms with Crippen LogP contribution in [-0.2, 0) is 0 Å². The molecule has 3 rings (SSSR count). The Kier molecular flexibility index (Phi) is 4.03. The maximum atomic E-state index is 4.07. The zero-order valence-corrected chi connectivity index (χ0v) is 12.7. The first kappa shape index (κ1) is 12.9. The van der Waals surface area contributed by atoms with Gasteiger partial charge in [-0.15, -0.1) is 5.10 Å². The van der Waals surface area contributed by atoms with E-state index in [2.05, 4.69) is 42.8 Å². The third kappa shape index (κ3) is 3.27. The second kappa shape index (κ2) is 5.92. The Labute approximate surface area is 124 Å². The predicted molar refractivity (Wildman–Crippen MR) is 79.4 cm³/mol. The molecule has 0 unspecified atom stereocenters. The molecule has 0 saturated heterocycles. The van der Waals surface area contributed by atoms with Gasteiger partial charge in [0.2, 0.25) is 5.16 Å². The minimum Gasteiger partial charge on any atom is -0.383 e. The number of rotatable bonds is 6. The topological polar surface area (TPSA) is 55.6 Å². The Morgan fingerprint density at radius 3 is 3.00 bits per heavy atom. The Bertz CT molecular complexity index is 555. The minimum atomic E-state index is 0.536. The summed E-state index contributed by atoms with van der Waals surface area (Å²) in [5.41, 5.74) is 1.12. The number of thioether (sulfide) groups is 1. The molecule has 0 amide bonds. The van der Waals surface area contributed by atoms with E-state index in [-0.39, 0.29) is 0 Å². The minimum absolute atomic E-state index is 0.536. The van der Waals surface area contributed by atoms with E-state index < -0.39 is 0 Å². The molecule has 1 fully saturated rings. The largest absolute Gasteiger partial charge is 0.383 e. The smallest absolute Gasteiger partial charge is 0.209 e. The lowest BCUT2D eigenvalue weighted by atomic mass is 10.3. The van der Waals surface area contributed by atoms with Crippen LogP contribution < -0.4 is 5.32 Å². The highest BCUT2D eigenvalue weighted by atomic mass is 79.9. The molecule has 1 aliphatic carbocycles. The van der Waals surface area contributed by atoms with Crippen molar-refractivity contribution in [2.45, 2.75) is 24.0 Å². The monoisotopic (exact) mass is 339 g/mol. The molecule has 100 valence electrons. The number of halogens is 1. The van der Waals surface area contributed by atoms with Gasteiger partial charge in [0.1, 0.15) is 0 Å². The van der Waals surface area contributed by atoms with Gasteiger partial charge >= 0.3 is 0 Å². The molecular weight excluding hydrogens is 326 g/mol. The van der Waals surface area contributed by atoms with Crippen LogP contribution in [0.4, 0.5) is 5.69 Å².